The van der Waals surface area contributed by atoms with Crippen molar-refractivity contribution >= 4 is 17.2 Å². The number of carbonyl (C=O) groups excluding carboxylic acids is 1. The van der Waals surface area contributed by atoms with Crippen LogP contribution < -0.4 is 0 Å². The van der Waals surface area contributed by atoms with Gasteiger partial charge in [0.25, 0.3) is 5.91 Å². The molecule has 0 aliphatic carbocycles. The van der Waals surface area contributed by atoms with E-state index in [-0.39, 0.29) is 11.5 Å². The minimum atomic E-state index is -0.101. The van der Waals surface area contributed by atoms with Gasteiger partial charge in [0, 0.05) is 43.2 Å². The molecule has 1 spiro atoms. The van der Waals surface area contributed by atoms with E-state index >= 15 is 0 Å². The lowest BCUT2D eigenvalue weighted by atomic mass is 9.92. The fourth-order valence-corrected chi connectivity index (χ4v) is 5.08. The minimum absolute atomic E-state index is 0.101. The second-order valence-electron chi connectivity index (χ2n) is 7.78. The zero-order chi connectivity index (χ0) is 18.7. The second-order valence-corrected chi connectivity index (χ2v) is 8.81. The Morgan fingerprint density at radius 1 is 1.15 bits per heavy atom. The molecule has 0 saturated carbocycles. The molecule has 5 heteroatoms. The van der Waals surface area contributed by atoms with Crippen LogP contribution in [-0.2, 0) is 11.3 Å². The number of nitrogens with zero attached hydrogens (tertiary/aromatic N) is 2. The molecule has 3 heterocycles. The molecule has 1 aromatic heterocycles. The van der Waals surface area contributed by atoms with Crippen LogP contribution in [-0.4, -0.2) is 54.1 Å². The first-order valence-electron chi connectivity index (χ1n) is 9.89. The first-order chi connectivity index (χ1) is 13.2. The van der Waals surface area contributed by atoms with Crippen LogP contribution in [0, 0.1) is 6.92 Å². The molecule has 2 aromatic rings. The molecule has 0 unspecified atom stereocenters. The quantitative estimate of drug-likeness (QED) is 0.803. The maximum atomic E-state index is 13.0. The van der Waals surface area contributed by atoms with E-state index in [1.165, 1.54) is 4.88 Å². The number of hydrogen-bond acceptors (Lipinski definition) is 4. The molecule has 27 heavy (non-hydrogen) atoms. The number of amides is 1. The molecule has 0 bridgehead atoms. The van der Waals surface area contributed by atoms with Crippen molar-refractivity contribution in [3.63, 3.8) is 0 Å². The summed E-state index contributed by atoms with van der Waals surface area (Å²) in [6, 6.07) is 12.2. The molecule has 1 atom stereocenters. The lowest BCUT2D eigenvalue weighted by Gasteiger charge is -2.42. The first-order valence-corrected chi connectivity index (χ1v) is 10.8. The smallest absolute Gasteiger partial charge is 0.254 e. The van der Waals surface area contributed by atoms with Gasteiger partial charge in [-0.3, -0.25) is 9.69 Å². The fourth-order valence-electron chi connectivity index (χ4n) is 4.34. The number of thiophene rings is 1. The highest BCUT2D eigenvalue weighted by atomic mass is 32.1. The summed E-state index contributed by atoms with van der Waals surface area (Å²) in [4.78, 5) is 19.0. The van der Waals surface area contributed by atoms with E-state index in [2.05, 4.69) is 22.4 Å². The molecule has 1 amide bonds. The fraction of sp³-hybridized carbons (Fsp3) is 0.500. The van der Waals surface area contributed by atoms with E-state index in [4.69, 9.17) is 4.74 Å². The predicted molar refractivity (Wildman–Crippen MR) is 109 cm³/mol. The normalized spacial score (nSPS) is 24.1. The Kier molecular flexibility index (Phi) is 5.62. The van der Waals surface area contributed by atoms with Gasteiger partial charge in [-0.05, 0) is 49.3 Å². The zero-order valence-corrected chi connectivity index (χ0v) is 16.8. The largest absolute Gasteiger partial charge is 0.372 e. The number of benzene rings is 1. The Balaban J connectivity index is 1.41. The van der Waals surface area contributed by atoms with Crippen LogP contribution in [0.3, 0.4) is 0 Å². The number of aryl methyl sites for hydroxylation is 1. The molecule has 2 aliphatic heterocycles. The third-order valence-corrected chi connectivity index (χ3v) is 6.71. The van der Waals surface area contributed by atoms with E-state index in [0.717, 1.165) is 69.7 Å². The van der Waals surface area contributed by atoms with E-state index < -0.39 is 0 Å². The summed E-state index contributed by atoms with van der Waals surface area (Å²) in [5.74, 6) is 0.163. The summed E-state index contributed by atoms with van der Waals surface area (Å²) in [6.07, 6.45) is 2.96. The van der Waals surface area contributed by atoms with Crippen molar-refractivity contribution in [1.82, 2.24) is 9.80 Å². The standard InChI is InChI=1S/C22H28N2O2S/c1-18-6-2-3-8-20(18)21(25)24-11-5-9-22(10-12-24)17-23(13-14-26-22)16-19-7-4-15-27-19/h2-4,6-8,15H,5,9-14,16-17H2,1H3/t22-/m1/s1. The molecule has 1 aromatic carbocycles. The van der Waals surface area contributed by atoms with Crippen molar-refractivity contribution in [3.05, 3.63) is 57.8 Å². The summed E-state index contributed by atoms with van der Waals surface area (Å²) < 4.78 is 6.32. The zero-order valence-electron chi connectivity index (χ0n) is 16.0. The highest BCUT2D eigenvalue weighted by Crippen LogP contribution is 2.31. The third-order valence-electron chi connectivity index (χ3n) is 5.85. The molecular formula is C22H28N2O2S. The van der Waals surface area contributed by atoms with Crippen LogP contribution in [0.4, 0.5) is 0 Å². The molecule has 2 fully saturated rings. The number of rotatable bonds is 3. The molecule has 4 nitrogen and oxygen atoms in total. The van der Waals surface area contributed by atoms with E-state index in [1.54, 1.807) is 0 Å². The van der Waals surface area contributed by atoms with Crippen LogP contribution in [0.2, 0.25) is 0 Å². The molecule has 0 radical (unpaired) electrons. The summed E-state index contributed by atoms with van der Waals surface area (Å²) in [5, 5.41) is 2.15. The number of likely N-dealkylation sites (tertiary alicyclic amines) is 1. The van der Waals surface area contributed by atoms with Crippen LogP contribution in [0.15, 0.2) is 41.8 Å². The Bertz CT molecular complexity index is 776. The maximum absolute atomic E-state index is 13.0. The van der Waals surface area contributed by atoms with Crippen LogP contribution in [0.1, 0.15) is 40.1 Å². The summed E-state index contributed by atoms with van der Waals surface area (Å²) in [7, 11) is 0. The van der Waals surface area contributed by atoms with Crippen molar-refractivity contribution in [2.24, 2.45) is 0 Å². The average molecular weight is 385 g/mol. The van der Waals surface area contributed by atoms with Crippen LogP contribution >= 0.6 is 11.3 Å². The molecule has 4 rings (SSSR count). The number of morpholine rings is 1. The first kappa shape index (κ1) is 18.7. The highest BCUT2D eigenvalue weighted by molar-refractivity contribution is 7.09. The number of ether oxygens (including phenoxy) is 1. The van der Waals surface area contributed by atoms with Crippen molar-refractivity contribution in [2.45, 2.75) is 38.3 Å². The SMILES string of the molecule is Cc1ccccc1C(=O)N1CCC[C@@]2(CC1)CN(Cc1cccs1)CCO2. The Morgan fingerprint density at radius 2 is 2.04 bits per heavy atom. The predicted octanol–water partition coefficient (Wildman–Crippen LogP) is 3.95. The van der Waals surface area contributed by atoms with E-state index in [0.29, 0.717) is 0 Å². The van der Waals surface area contributed by atoms with Crippen molar-refractivity contribution in [3.8, 4) is 0 Å². The van der Waals surface area contributed by atoms with Crippen LogP contribution in [0.5, 0.6) is 0 Å². The lowest BCUT2D eigenvalue weighted by molar-refractivity contribution is -0.117. The van der Waals surface area contributed by atoms with Gasteiger partial charge in [-0.25, -0.2) is 0 Å². The van der Waals surface area contributed by atoms with Gasteiger partial charge < -0.3 is 9.64 Å². The number of hydrogen-bond donors (Lipinski definition) is 0. The summed E-state index contributed by atoms with van der Waals surface area (Å²) >= 11 is 1.82. The van der Waals surface area contributed by atoms with Gasteiger partial charge in [-0.2, -0.15) is 0 Å². The monoisotopic (exact) mass is 384 g/mol. The topological polar surface area (TPSA) is 32.8 Å². The average Bonchev–Trinajstić information content (AvgIpc) is 3.09. The maximum Gasteiger partial charge on any atom is 0.254 e. The minimum Gasteiger partial charge on any atom is -0.372 e. The molecule has 2 aliphatic rings. The highest BCUT2D eigenvalue weighted by Gasteiger charge is 2.39. The molecule has 2 saturated heterocycles. The van der Waals surface area contributed by atoms with Gasteiger partial charge in [0.05, 0.1) is 12.2 Å². The molecular weight excluding hydrogens is 356 g/mol. The summed E-state index contributed by atoms with van der Waals surface area (Å²) in [5.41, 5.74) is 1.78. The van der Waals surface area contributed by atoms with Crippen molar-refractivity contribution in [1.29, 1.82) is 0 Å². The molecule has 144 valence electrons. The van der Waals surface area contributed by atoms with Gasteiger partial charge in [0.2, 0.25) is 0 Å². The van der Waals surface area contributed by atoms with E-state index in [9.17, 15) is 4.79 Å². The van der Waals surface area contributed by atoms with Gasteiger partial charge >= 0.3 is 0 Å². The summed E-state index contributed by atoms with van der Waals surface area (Å²) in [6.45, 7) is 7.37. The van der Waals surface area contributed by atoms with E-state index in [1.807, 2.05) is 47.4 Å². The molecule has 0 N–H and O–H groups in total. The Hall–Kier alpha value is -1.69. The lowest BCUT2D eigenvalue weighted by Crippen LogP contribution is -2.51. The van der Waals surface area contributed by atoms with Crippen molar-refractivity contribution < 1.29 is 9.53 Å². The number of carbonyl (C=O) groups is 1. The van der Waals surface area contributed by atoms with Gasteiger partial charge in [-0.15, -0.1) is 11.3 Å². The van der Waals surface area contributed by atoms with Gasteiger partial charge in [0.1, 0.15) is 0 Å². The van der Waals surface area contributed by atoms with Gasteiger partial charge in [0.15, 0.2) is 0 Å². The van der Waals surface area contributed by atoms with Gasteiger partial charge in [-0.1, -0.05) is 24.3 Å². The second kappa shape index (κ2) is 8.13. The third kappa shape index (κ3) is 4.26. The van der Waals surface area contributed by atoms with Crippen molar-refractivity contribution in [2.75, 3.05) is 32.8 Å². The van der Waals surface area contributed by atoms with Crippen LogP contribution in [0.25, 0.3) is 0 Å². The Morgan fingerprint density at radius 3 is 2.85 bits per heavy atom. The Labute approximate surface area is 165 Å².